The van der Waals surface area contributed by atoms with Gasteiger partial charge in [-0.1, -0.05) is 37.1 Å². The predicted molar refractivity (Wildman–Crippen MR) is 135 cm³/mol. The first-order valence-corrected chi connectivity index (χ1v) is 11.6. The average molecular weight is 434 g/mol. The number of nitrogens with one attached hydrogen (secondary N) is 1. The normalized spacial score (nSPS) is 16.6. The molecule has 32 heavy (non-hydrogen) atoms. The standard InChI is InChI=1S/C17H19N3.C10H20N2/c1-12-4-6-16(13(2)8-12)14-5-7-17-19-10-15(9-18-3)20(17)11-14;1-6-7-10-8(2)11(4)12(5)9(10)3/h4-8,10-11,18H,9H2,1-3H3;8H,6-7H2,1-5H3. The van der Waals surface area contributed by atoms with Crippen LogP contribution in [0.1, 0.15) is 50.4 Å². The van der Waals surface area contributed by atoms with Crippen LogP contribution in [0.3, 0.4) is 0 Å². The van der Waals surface area contributed by atoms with Crippen LogP contribution < -0.4 is 5.32 Å². The van der Waals surface area contributed by atoms with E-state index in [1.165, 1.54) is 46.5 Å². The fraction of sp³-hybridized carbons (Fsp3) is 0.444. The van der Waals surface area contributed by atoms with Crippen molar-refractivity contribution in [3.63, 3.8) is 0 Å². The van der Waals surface area contributed by atoms with Gasteiger partial charge in [0, 0.05) is 38.6 Å². The number of aryl methyl sites for hydroxylation is 2. The van der Waals surface area contributed by atoms with Crippen molar-refractivity contribution in [3.8, 4) is 11.1 Å². The summed E-state index contributed by atoms with van der Waals surface area (Å²) in [5.41, 5.74) is 10.3. The fourth-order valence-electron chi connectivity index (χ4n) is 4.53. The molecule has 1 unspecified atom stereocenters. The van der Waals surface area contributed by atoms with Crippen LogP contribution in [0.25, 0.3) is 16.8 Å². The second-order valence-electron chi connectivity index (χ2n) is 8.88. The molecule has 0 bridgehead atoms. The molecule has 2 aromatic heterocycles. The van der Waals surface area contributed by atoms with Crippen molar-refractivity contribution in [1.82, 2.24) is 24.7 Å². The van der Waals surface area contributed by atoms with Gasteiger partial charge in [0.1, 0.15) is 5.65 Å². The third-order valence-electron chi connectivity index (χ3n) is 6.64. The highest BCUT2D eigenvalue weighted by Gasteiger charge is 2.27. The Bertz CT molecular complexity index is 1090. The number of hydrogen-bond donors (Lipinski definition) is 1. The van der Waals surface area contributed by atoms with Crippen molar-refractivity contribution in [2.24, 2.45) is 0 Å². The number of likely N-dealkylation sites (N-methyl/N-ethyl adjacent to an activating group) is 1. The molecule has 172 valence electrons. The summed E-state index contributed by atoms with van der Waals surface area (Å²) in [6.45, 7) is 11.8. The van der Waals surface area contributed by atoms with Crippen molar-refractivity contribution in [2.45, 2.75) is 60.0 Å². The van der Waals surface area contributed by atoms with E-state index in [9.17, 15) is 0 Å². The lowest BCUT2D eigenvalue weighted by Gasteiger charge is -2.26. The number of hydrogen-bond acceptors (Lipinski definition) is 4. The molecule has 4 rings (SSSR count). The molecule has 1 aliphatic heterocycles. The molecule has 0 fully saturated rings. The van der Waals surface area contributed by atoms with Crippen LogP contribution in [-0.4, -0.2) is 46.6 Å². The van der Waals surface area contributed by atoms with Gasteiger partial charge in [0.15, 0.2) is 0 Å². The minimum atomic E-state index is 0.593. The highest BCUT2D eigenvalue weighted by molar-refractivity contribution is 5.68. The van der Waals surface area contributed by atoms with Gasteiger partial charge in [-0.3, -0.25) is 0 Å². The largest absolute Gasteiger partial charge is 0.314 e. The van der Waals surface area contributed by atoms with E-state index in [-0.39, 0.29) is 0 Å². The highest BCUT2D eigenvalue weighted by atomic mass is 15.6. The maximum atomic E-state index is 4.43. The number of imidazole rings is 1. The minimum absolute atomic E-state index is 0.593. The van der Waals surface area contributed by atoms with E-state index < -0.39 is 0 Å². The van der Waals surface area contributed by atoms with Crippen LogP contribution in [0, 0.1) is 13.8 Å². The summed E-state index contributed by atoms with van der Waals surface area (Å²) >= 11 is 0. The zero-order valence-electron chi connectivity index (χ0n) is 21.0. The summed E-state index contributed by atoms with van der Waals surface area (Å²) in [5, 5.41) is 7.72. The van der Waals surface area contributed by atoms with Gasteiger partial charge in [0.25, 0.3) is 0 Å². The first-order chi connectivity index (χ1) is 15.3. The molecular weight excluding hydrogens is 394 g/mol. The van der Waals surface area contributed by atoms with Gasteiger partial charge in [-0.15, -0.1) is 0 Å². The molecule has 1 aliphatic rings. The Kier molecular flexibility index (Phi) is 7.75. The van der Waals surface area contributed by atoms with Gasteiger partial charge in [-0.2, -0.15) is 0 Å². The van der Waals surface area contributed by atoms with E-state index in [0.29, 0.717) is 6.04 Å². The minimum Gasteiger partial charge on any atom is -0.314 e. The first-order valence-electron chi connectivity index (χ1n) is 11.6. The number of pyridine rings is 1. The third kappa shape index (κ3) is 4.89. The second kappa shape index (κ2) is 10.3. The zero-order chi connectivity index (χ0) is 23.4. The molecule has 3 heterocycles. The molecule has 5 heteroatoms. The van der Waals surface area contributed by atoms with Crippen LogP contribution >= 0.6 is 0 Å². The maximum absolute atomic E-state index is 4.43. The molecule has 0 amide bonds. The van der Waals surface area contributed by atoms with Gasteiger partial charge < -0.3 is 14.7 Å². The number of aromatic nitrogens is 2. The molecule has 3 aromatic rings. The molecular formula is C27H39N5. The average Bonchev–Trinajstić information content (AvgIpc) is 3.25. The number of allylic oxidation sites excluding steroid dienone is 1. The van der Waals surface area contributed by atoms with Crippen LogP contribution in [0.5, 0.6) is 0 Å². The van der Waals surface area contributed by atoms with Crippen molar-refractivity contribution in [3.05, 3.63) is 70.8 Å². The molecule has 1 aromatic carbocycles. The summed E-state index contributed by atoms with van der Waals surface area (Å²) in [6, 6.07) is 11.4. The molecule has 1 N–H and O–H groups in total. The Morgan fingerprint density at radius 1 is 1.06 bits per heavy atom. The fourth-order valence-corrected chi connectivity index (χ4v) is 4.53. The first kappa shape index (κ1) is 24.0. The second-order valence-corrected chi connectivity index (χ2v) is 8.88. The van der Waals surface area contributed by atoms with Crippen LogP contribution in [0.15, 0.2) is 54.0 Å². The van der Waals surface area contributed by atoms with Crippen molar-refractivity contribution >= 4 is 5.65 Å². The van der Waals surface area contributed by atoms with Gasteiger partial charge in [0.05, 0.1) is 11.9 Å². The Hall–Kier alpha value is -2.63. The summed E-state index contributed by atoms with van der Waals surface area (Å²) in [4.78, 5) is 4.43. The van der Waals surface area contributed by atoms with E-state index in [1.54, 1.807) is 5.57 Å². The Morgan fingerprint density at radius 2 is 1.81 bits per heavy atom. The van der Waals surface area contributed by atoms with E-state index in [2.05, 4.69) is 110 Å². The molecule has 0 saturated heterocycles. The summed E-state index contributed by atoms with van der Waals surface area (Å²) in [5.74, 6) is 0. The van der Waals surface area contributed by atoms with Gasteiger partial charge >= 0.3 is 0 Å². The van der Waals surface area contributed by atoms with E-state index in [1.807, 2.05) is 13.2 Å². The molecule has 0 spiro atoms. The van der Waals surface area contributed by atoms with Crippen molar-refractivity contribution in [1.29, 1.82) is 0 Å². The Balaban J connectivity index is 0.000000207. The molecule has 0 radical (unpaired) electrons. The summed E-state index contributed by atoms with van der Waals surface area (Å²) in [6.07, 6.45) is 6.59. The van der Waals surface area contributed by atoms with Gasteiger partial charge in [0.2, 0.25) is 0 Å². The summed E-state index contributed by atoms with van der Waals surface area (Å²) < 4.78 is 2.16. The number of hydrazine groups is 1. The van der Waals surface area contributed by atoms with Crippen LogP contribution in [0.4, 0.5) is 0 Å². The van der Waals surface area contributed by atoms with Crippen molar-refractivity contribution in [2.75, 3.05) is 21.1 Å². The number of benzene rings is 1. The van der Waals surface area contributed by atoms with Gasteiger partial charge in [-0.25, -0.2) is 9.99 Å². The van der Waals surface area contributed by atoms with Crippen LogP contribution in [-0.2, 0) is 6.54 Å². The Morgan fingerprint density at radius 3 is 2.41 bits per heavy atom. The van der Waals surface area contributed by atoms with Crippen molar-refractivity contribution < 1.29 is 0 Å². The molecule has 0 aliphatic carbocycles. The number of rotatable bonds is 5. The predicted octanol–water partition coefficient (Wildman–Crippen LogP) is 5.58. The molecule has 1 atom stereocenters. The topological polar surface area (TPSA) is 35.8 Å². The van der Waals surface area contributed by atoms with Crippen LogP contribution in [0.2, 0.25) is 0 Å². The molecule has 0 saturated carbocycles. The summed E-state index contributed by atoms with van der Waals surface area (Å²) in [7, 11) is 6.23. The maximum Gasteiger partial charge on any atom is 0.136 e. The quantitative estimate of drug-likeness (QED) is 0.570. The lowest BCUT2D eigenvalue weighted by Crippen LogP contribution is -2.35. The lowest BCUT2D eigenvalue weighted by molar-refractivity contribution is 0.0677. The third-order valence-corrected chi connectivity index (χ3v) is 6.64. The van der Waals surface area contributed by atoms with Gasteiger partial charge in [-0.05, 0) is 75.6 Å². The monoisotopic (exact) mass is 433 g/mol. The number of nitrogens with zero attached hydrogens (tertiary/aromatic N) is 4. The van der Waals surface area contributed by atoms with E-state index >= 15 is 0 Å². The Labute approximate surface area is 193 Å². The lowest BCUT2D eigenvalue weighted by atomic mass is 10.0. The zero-order valence-corrected chi connectivity index (χ0v) is 21.0. The SMILES string of the molecule is CCCC1=C(C)N(C)N(C)C1C.CNCc1cnc2ccc(-c3ccc(C)cc3C)cn12. The number of fused-ring (bicyclic) bond motifs is 1. The highest BCUT2D eigenvalue weighted by Crippen LogP contribution is 2.29. The van der Waals surface area contributed by atoms with E-state index in [0.717, 1.165) is 12.2 Å². The smallest absolute Gasteiger partial charge is 0.136 e. The van der Waals surface area contributed by atoms with E-state index in [4.69, 9.17) is 0 Å². The molecule has 5 nitrogen and oxygen atoms in total.